The Morgan fingerprint density at radius 2 is 1.83 bits per heavy atom. The second kappa shape index (κ2) is 5.69. The lowest BCUT2D eigenvalue weighted by Gasteiger charge is -2.09. The van der Waals surface area contributed by atoms with Crippen LogP contribution in [-0.2, 0) is 6.42 Å². The van der Waals surface area contributed by atoms with Crippen LogP contribution in [0.25, 0.3) is 16.7 Å². The molecule has 0 amide bonds. The number of nitrogens with zero attached hydrogens (tertiary/aromatic N) is 1. The van der Waals surface area contributed by atoms with E-state index in [4.69, 9.17) is 12.2 Å². The van der Waals surface area contributed by atoms with E-state index in [1.54, 1.807) is 36.5 Å². The Labute approximate surface area is 133 Å². The van der Waals surface area contributed by atoms with Gasteiger partial charge in [-0.05, 0) is 42.4 Å². The zero-order valence-corrected chi connectivity index (χ0v) is 12.6. The molecule has 0 aliphatic rings. The van der Waals surface area contributed by atoms with E-state index < -0.39 is 12.6 Å². The van der Waals surface area contributed by atoms with Gasteiger partial charge >= 0.3 is 6.18 Å². The van der Waals surface area contributed by atoms with E-state index in [-0.39, 0.29) is 16.8 Å². The molecule has 0 spiro atoms. The van der Waals surface area contributed by atoms with Gasteiger partial charge in [-0.2, -0.15) is 13.2 Å². The molecule has 3 aromatic rings. The molecule has 2 aromatic heterocycles. The minimum absolute atomic E-state index is 0.0949. The maximum atomic E-state index is 12.5. The number of aryl methyl sites for hydroxylation is 1. The summed E-state index contributed by atoms with van der Waals surface area (Å²) in [5.74, 6) is 0. The van der Waals surface area contributed by atoms with Gasteiger partial charge in [0.05, 0.1) is 11.1 Å². The van der Waals surface area contributed by atoms with Crippen molar-refractivity contribution in [3.8, 4) is 5.69 Å². The molecule has 8 heteroatoms. The molecule has 23 heavy (non-hydrogen) atoms. The first-order valence-electron chi connectivity index (χ1n) is 6.84. The molecule has 2 heterocycles. The number of aromatic amines is 2. The summed E-state index contributed by atoms with van der Waals surface area (Å²) in [6.45, 7) is 0. The first-order valence-corrected chi connectivity index (χ1v) is 7.24. The van der Waals surface area contributed by atoms with Gasteiger partial charge in [-0.3, -0.25) is 9.36 Å². The molecular weight excluding hydrogens is 327 g/mol. The summed E-state index contributed by atoms with van der Waals surface area (Å²) in [5.41, 5.74) is 1.32. The smallest absolute Gasteiger partial charge is 0.347 e. The summed E-state index contributed by atoms with van der Waals surface area (Å²) >= 11 is 5.19. The molecule has 0 aliphatic heterocycles. The van der Waals surface area contributed by atoms with Crippen LogP contribution in [0, 0.1) is 4.77 Å². The summed E-state index contributed by atoms with van der Waals surface area (Å²) in [5, 5.41) is 0.458. The highest BCUT2D eigenvalue weighted by Crippen LogP contribution is 2.22. The summed E-state index contributed by atoms with van der Waals surface area (Å²) < 4.78 is 38.3. The summed E-state index contributed by atoms with van der Waals surface area (Å²) in [7, 11) is 0. The Morgan fingerprint density at radius 3 is 2.48 bits per heavy atom. The SMILES string of the molecule is O=c1c2cc[nH]c2[nH]c(=S)n1-c1ccc(CCC(F)(F)F)cc1. The fourth-order valence-corrected chi connectivity index (χ4v) is 2.65. The third-order valence-corrected chi connectivity index (χ3v) is 3.79. The molecule has 0 saturated carbocycles. The van der Waals surface area contributed by atoms with Crippen LogP contribution in [0.5, 0.6) is 0 Å². The Bertz CT molecular complexity index is 951. The quantitative estimate of drug-likeness (QED) is 0.712. The van der Waals surface area contributed by atoms with E-state index in [1.165, 1.54) is 4.57 Å². The number of alkyl halides is 3. The third kappa shape index (κ3) is 3.21. The van der Waals surface area contributed by atoms with Crippen molar-refractivity contribution in [2.75, 3.05) is 0 Å². The summed E-state index contributed by atoms with van der Waals surface area (Å²) in [6.07, 6.45) is -3.52. The number of fused-ring (bicyclic) bond motifs is 1. The van der Waals surface area contributed by atoms with E-state index in [0.29, 0.717) is 22.3 Å². The average molecular weight is 339 g/mol. The Balaban J connectivity index is 1.97. The first-order chi connectivity index (χ1) is 10.8. The van der Waals surface area contributed by atoms with Gasteiger partial charge in [0.15, 0.2) is 4.77 Å². The standard InChI is InChI=1S/C15H12F3N3OS/c16-15(17,18)7-5-9-1-3-10(4-2-9)21-13(22)11-6-8-19-12(11)20-14(21)23/h1-4,6,8,19H,5,7H2,(H,20,23). The zero-order valence-electron chi connectivity index (χ0n) is 11.8. The molecule has 2 N–H and O–H groups in total. The van der Waals surface area contributed by atoms with Crippen LogP contribution in [0.2, 0.25) is 0 Å². The number of hydrogen-bond donors (Lipinski definition) is 2. The van der Waals surface area contributed by atoms with Gasteiger partial charge in [0, 0.05) is 12.6 Å². The van der Waals surface area contributed by atoms with Crippen molar-refractivity contribution in [1.82, 2.24) is 14.5 Å². The zero-order chi connectivity index (χ0) is 16.6. The maximum absolute atomic E-state index is 12.5. The van der Waals surface area contributed by atoms with E-state index in [2.05, 4.69) is 9.97 Å². The van der Waals surface area contributed by atoms with Crippen molar-refractivity contribution in [2.24, 2.45) is 0 Å². The van der Waals surface area contributed by atoms with Crippen molar-refractivity contribution in [1.29, 1.82) is 0 Å². The number of hydrogen-bond acceptors (Lipinski definition) is 2. The molecule has 0 saturated heterocycles. The van der Waals surface area contributed by atoms with Crippen LogP contribution < -0.4 is 5.56 Å². The number of aromatic nitrogens is 3. The van der Waals surface area contributed by atoms with Gasteiger partial charge in [-0.25, -0.2) is 0 Å². The lowest BCUT2D eigenvalue weighted by atomic mass is 10.1. The van der Waals surface area contributed by atoms with Crippen LogP contribution in [0.3, 0.4) is 0 Å². The maximum Gasteiger partial charge on any atom is 0.389 e. The van der Waals surface area contributed by atoms with Gasteiger partial charge in [-0.1, -0.05) is 12.1 Å². The molecular formula is C15H12F3N3OS. The minimum Gasteiger partial charge on any atom is -0.347 e. The topological polar surface area (TPSA) is 53.6 Å². The predicted octanol–water partition coefficient (Wildman–Crippen LogP) is 3.87. The Kier molecular flexibility index (Phi) is 3.85. The summed E-state index contributed by atoms with van der Waals surface area (Å²) in [6, 6.07) is 7.97. The number of rotatable bonds is 3. The fourth-order valence-electron chi connectivity index (χ4n) is 2.36. The van der Waals surface area contributed by atoms with E-state index >= 15 is 0 Å². The number of H-pyrrole nitrogens is 2. The number of nitrogens with one attached hydrogen (secondary N) is 2. The lowest BCUT2D eigenvalue weighted by Crippen LogP contribution is -2.20. The van der Waals surface area contributed by atoms with E-state index in [0.717, 1.165) is 0 Å². The monoisotopic (exact) mass is 339 g/mol. The highest BCUT2D eigenvalue weighted by molar-refractivity contribution is 7.71. The van der Waals surface area contributed by atoms with Crippen LogP contribution in [0.15, 0.2) is 41.3 Å². The van der Waals surface area contributed by atoms with Crippen molar-refractivity contribution in [3.63, 3.8) is 0 Å². The molecule has 1 aromatic carbocycles. The molecule has 0 atom stereocenters. The second-order valence-corrected chi connectivity index (χ2v) is 5.51. The van der Waals surface area contributed by atoms with Gasteiger partial charge in [0.2, 0.25) is 0 Å². The minimum atomic E-state index is -4.18. The van der Waals surface area contributed by atoms with Crippen molar-refractivity contribution < 1.29 is 13.2 Å². The molecule has 3 rings (SSSR count). The predicted molar refractivity (Wildman–Crippen MR) is 83.5 cm³/mol. The lowest BCUT2D eigenvalue weighted by molar-refractivity contribution is -0.133. The van der Waals surface area contributed by atoms with E-state index in [1.807, 2.05) is 0 Å². The Hall–Kier alpha value is -2.35. The van der Waals surface area contributed by atoms with Crippen LogP contribution in [0.4, 0.5) is 13.2 Å². The number of benzene rings is 1. The molecule has 0 radical (unpaired) electrons. The van der Waals surface area contributed by atoms with Gasteiger partial charge < -0.3 is 9.97 Å². The molecule has 0 fully saturated rings. The average Bonchev–Trinajstić information content (AvgIpc) is 2.94. The first kappa shape index (κ1) is 15.5. The van der Waals surface area contributed by atoms with Crippen molar-refractivity contribution >= 4 is 23.3 Å². The number of halogens is 3. The normalized spacial score (nSPS) is 12.0. The molecule has 4 nitrogen and oxygen atoms in total. The largest absolute Gasteiger partial charge is 0.389 e. The highest BCUT2D eigenvalue weighted by Gasteiger charge is 2.26. The third-order valence-electron chi connectivity index (χ3n) is 3.51. The molecule has 0 bridgehead atoms. The molecule has 0 aliphatic carbocycles. The molecule has 120 valence electrons. The van der Waals surface area contributed by atoms with Crippen molar-refractivity contribution in [3.05, 3.63) is 57.2 Å². The second-order valence-electron chi connectivity index (χ2n) is 5.12. The van der Waals surface area contributed by atoms with Gasteiger partial charge in [0.25, 0.3) is 5.56 Å². The van der Waals surface area contributed by atoms with Gasteiger partial charge in [0.1, 0.15) is 5.65 Å². The van der Waals surface area contributed by atoms with Crippen molar-refractivity contribution in [2.45, 2.75) is 19.0 Å². The van der Waals surface area contributed by atoms with Crippen LogP contribution in [0.1, 0.15) is 12.0 Å². The Morgan fingerprint density at radius 1 is 1.13 bits per heavy atom. The fraction of sp³-hybridized carbons (Fsp3) is 0.200. The molecule has 0 unspecified atom stereocenters. The van der Waals surface area contributed by atoms with E-state index in [9.17, 15) is 18.0 Å². The van der Waals surface area contributed by atoms with Crippen LogP contribution >= 0.6 is 12.2 Å². The highest BCUT2D eigenvalue weighted by atomic mass is 32.1. The summed E-state index contributed by atoms with van der Waals surface area (Å²) in [4.78, 5) is 18.2. The van der Waals surface area contributed by atoms with Gasteiger partial charge in [-0.15, -0.1) is 0 Å². The van der Waals surface area contributed by atoms with Crippen LogP contribution in [-0.4, -0.2) is 20.7 Å².